The highest BCUT2D eigenvalue weighted by Gasteiger charge is 2.25. The van der Waals surface area contributed by atoms with Gasteiger partial charge in [-0.1, -0.05) is 0 Å². The maximum absolute atomic E-state index is 12.7. The molecule has 0 N–H and O–H groups in total. The Morgan fingerprint density at radius 2 is 1.64 bits per heavy atom. The molecule has 0 aliphatic carbocycles. The van der Waals surface area contributed by atoms with Crippen LogP contribution in [0.15, 0.2) is 31.1 Å². The van der Waals surface area contributed by atoms with E-state index in [-0.39, 0.29) is 11.9 Å². The van der Waals surface area contributed by atoms with Gasteiger partial charge in [0.25, 0.3) is 5.91 Å². The smallest absolute Gasteiger partial charge is 0.344 e. The van der Waals surface area contributed by atoms with Crippen molar-refractivity contribution in [3.8, 4) is 0 Å². The first kappa shape index (κ1) is 18.5. The average molecular weight is 385 g/mol. The van der Waals surface area contributed by atoms with Crippen molar-refractivity contribution < 1.29 is 14.3 Å². The van der Waals surface area contributed by atoms with Crippen molar-refractivity contribution in [1.82, 2.24) is 34.4 Å². The summed E-state index contributed by atoms with van der Waals surface area (Å²) in [4.78, 5) is 39.0. The van der Waals surface area contributed by atoms with E-state index < -0.39 is 0 Å². The quantitative estimate of drug-likeness (QED) is 0.730. The number of amides is 2. The molecule has 10 heteroatoms. The molecule has 0 saturated carbocycles. The number of hydrogen-bond acceptors (Lipinski definition) is 7. The molecule has 4 heterocycles. The van der Waals surface area contributed by atoms with Gasteiger partial charge in [0.05, 0.1) is 25.0 Å². The Kier molecular flexibility index (Phi) is 5.58. The highest BCUT2D eigenvalue weighted by Crippen LogP contribution is 2.10. The normalized spacial score (nSPS) is 18.3. The zero-order valence-corrected chi connectivity index (χ0v) is 15.6. The van der Waals surface area contributed by atoms with Gasteiger partial charge in [-0.25, -0.2) is 14.8 Å². The Morgan fingerprint density at radius 3 is 2.36 bits per heavy atom. The fourth-order valence-corrected chi connectivity index (χ4v) is 3.40. The largest absolute Gasteiger partial charge is 0.378 e. The summed E-state index contributed by atoms with van der Waals surface area (Å²) in [5.74, 6) is -0.114. The van der Waals surface area contributed by atoms with Gasteiger partial charge in [-0.3, -0.25) is 9.69 Å². The maximum atomic E-state index is 12.7. The minimum absolute atomic E-state index is 0.114. The monoisotopic (exact) mass is 385 g/mol. The molecule has 0 aromatic carbocycles. The Morgan fingerprint density at radius 1 is 0.929 bits per heavy atom. The Balaban J connectivity index is 1.32. The Hall–Kier alpha value is -2.85. The fourth-order valence-electron chi connectivity index (χ4n) is 3.40. The summed E-state index contributed by atoms with van der Waals surface area (Å²) < 4.78 is 6.53. The van der Waals surface area contributed by atoms with Gasteiger partial charge < -0.3 is 14.5 Å². The Bertz CT molecular complexity index is 812. The fraction of sp³-hybridized carbons (Fsp3) is 0.500. The highest BCUT2D eigenvalue weighted by molar-refractivity contribution is 5.94. The van der Waals surface area contributed by atoms with Crippen LogP contribution in [-0.4, -0.2) is 98.9 Å². The summed E-state index contributed by atoms with van der Waals surface area (Å²) >= 11 is 0. The third-order valence-electron chi connectivity index (χ3n) is 4.99. The number of hydrogen-bond donors (Lipinski definition) is 0. The van der Waals surface area contributed by atoms with E-state index in [9.17, 15) is 9.59 Å². The van der Waals surface area contributed by atoms with Gasteiger partial charge in [0.15, 0.2) is 0 Å². The second-order valence-electron chi connectivity index (χ2n) is 6.87. The van der Waals surface area contributed by atoms with E-state index in [1.807, 2.05) is 0 Å². The van der Waals surface area contributed by atoms with Crippen LogP contribution in [0.25, 0.3) is 0 Å². The van der Waals surface area contributed by atoms with Crippen LogP contribution in [0.1, 0.15) is 15.9 Å². The first-order chi connectivity index (χ1) is 13.7. The van der Waals surface area contributed by atoms with Crippen molar-refractivity contribution in [3.63, 3.8) is 0 Å². The molecule has 2 amide bonds. The number of morpholine rings is 1. The van der Waals surface area contributed by atoms with Gasteiger partial charge in [-0.05, 0) is 0 Å². The molecule has 2 aromatic rings. The average Bonchev–Trinajstić information content (AvgIpc) is 3.25. The van der Waals surface area contributed by atoms with E-state index >= 15 is 0 Å². The SMILES string of the molecule is O=C(c1cnn(C(=O)N2CCN(Cc3cncnc3)CC2)c1)N1CCOCC1. The van der Waals surface area contributed by atoms with Crippen LogP contribution in [0.4, 0.5) is 4.79 Å². The van der Waals surface area contributed by atoms with E-state index in [1.54, 1.807) is 22.2 Å². The highest BCUT2D eigenvalue weighted by atomic mass is 16.5. The summed E-state index contributed by atoms with van der Waals surface area (Å²) in [7, 11) is 0. The predicted molar refractivity (Wildman–Crippen MR) is 98.6 cm³/mol. The Labute approximate surface area is 162 Å². The second kappa shape index (κ2) is 8.44. The number of piperazine rings is 1. The molecule has 0 bridgehead atoms. The lowest BCUT2D eigenvalue weighted by atomic mass is 10.2. The van der Waals surface area contributed by atoms with Gasteiger partial charge in [-0.2, -0.15) is 9.78 Å². The molecule has 0 unspecified atom stereocenters. The van der Waals surface area contributed by atoms with Crippen LogP contribution in [0.2, 0.25) is 0 Å². The lowest BCUT2D eigenvalue weighted by Gasteiger charge is -2.34. The summed E-state index contributed by atoms with van der Waals surface area (Å²) in [5, 5.41) is 4.11. The molecule has 2 saturated heterocycles. The summed E-state index contributed by atoms with van der Waals surface area (Å²) in [6.45, 7) is 5.72. The van der Waals surface area contributed by atoms with Crippen molar-refractivity contribution in [2.75, 3.05) is 52.5 Å². The first-order valence-corrected chi connectivity index (χ1v) is 9.38. The zero-order chi connectivity index (χ0) is 19.3. The van der Waals surface area contributed by atoms with E-state index in [0.29, 0.717) is 45.0 Å². The number of carbonyl (C=O) groups is 2. The minimum Gasteiger partial charge on any atom is -0.378 e. The minimum atomic E-state index is -0.205. The zero-order valence-electron chi connectivity index (χ0n) is 15.6. The van der Waals surface area contributed by atoms with E-state index in [4.69, 9.17) is 4.74 Å². The standard InChI is InChI=1S/C18H23N7O3/c26-17(23-5-7-28-8-6-23)16-11-21-25(13-16)18(27)24-3-1-22(2-4-24)12-15-9-19-14-20-10-15/h9-11,13-14H,1-8,12H2. The van der Waals surface area contributed by atoms with Gasteiger partial charge in [0, 0.05) is 70.0 Å². The van der Waals surface area contributed by atoms with Crippen molar-refractivity contribution in [3.05, 3.63) is 42.2 Å². The van der Waals surface area contributed by atoms with Crippen molar-refractivity contribution in [2.24, 2.45) is 0 Å². The van der Waals surface area contributed by atoms with Crippen LogP contribution >= 0.6 is 0 Å². The molecule has 148 valence electrons. The number of rotatable bonds is 3. The van der Waals surface area contributed by atoms with Crippen LogP contribution in [0.5, 0.6) is 0 Å². The molecular formula is C18H23N7O3. The third-order valence-corrected chi connectivity index (χ3v) is 4.99. The summed E-state index contributed by atoms with van der Waals surface area (Å²) in [6.07, 6.45) is 8.11. The summed E-state index contributed by atoms with van der Waals surface area (Å²) in [5.41, 5.74) is 1.48. The predicted octanol–water partition coefficient (Wildman–Crippen LogP) is -0.0686. The van der Waals surface area contributed by atoms with Crippen molar-refractivity contribution in [1.29, 1.82) is 0 Å². The molecule has 2 fully saturated rings. The topological polar surface area (TPSA) is 96.7 Å². The van der Waals surface area contributed by atoms with E-state index in [1.165, 1.54) is 23.4 Å². The maximum Gasteiger partial charge on any atom is 0.344 e. The molecule has 0 radical (unpaired) electrons. The number of carbonyl (C=O) groups excluding carboxylic acids is 2. The van der Waals surface area contributed by atoms with E-state index in [2.05, 4.69) is 20.0 Å². The van der Waals surface area contributed by atoms with Gasteiger partial charge in [-0.15, -0.1) is 0 Å². The molecule has 4 rings (SSSR count). The van der Waals surface area contributed by atoms with Crippen LogP contribution in [-0.2, 0) is 11.3 Å². The van der Waals surface area contributed by atoms with Gasteiger partial charge >= 0.3 is 6.03 Å². The van der Waals surface area contributed by atoms with Crippen molar-refractivity contribution in [2.45, 2.75) is 6.54 Å². The van der Waals surface area contributed by atoms with Gasteiger partial charge in [0.1, 0.15) is 6.33 Å². The molecule has 28 heavy (non-hydrogen) atoms. The van der Waals surface area contributed by atoms with Gasteiger partial charge in [0.2, 0.25) is 0 Å². The molecule has 2 aliphatic heterocycles. The number of ether oxygens (including phenoxy) is 1. The lowest BCUT2D eigenvalue weighted by molar-refractivity contribution is 0.0303. The van der Waals surface area contributed by atoms with Crippen LogP contribution < -0.4 is 0 Å². The molecule has 10 nitrogen and oxygen atoms in total. The lowest BCUT2D eigenvalue weighted by Crippen LogP contribution is -2.49. The van der Waals surface area contributed by atoms with E-state index in [0.717, 1.165) is 25.2 Å². The number of nitrogens with zero attached hydrogens (tertiary/aromatic N) is 7. The van der Waals surface area contributed by atoms with Crippen molar-refractivity contribution >= 4 is 11.9 Å². The molecule has 2 aliphatic rings. The second-order valence-corrected chi connectivity index (χ2v) is 6.87. The molecule has 2 aromatic heterocycles. The number of aromatic nitrogens is 4. The molecular weight excluding hydrogens is 362 g/mol. The third kappa shape index (κ3) is 4.18. The summed E-state index contributed by atoms with van der Waals surface area (Å²) in [6, 6.07) is -0.205. The molecule has 0 spiro atoms. The molecule has 0 atom stereocenters. The van der Waals surface area contributed by atoms with Crippen LogP contribution in [0, 0.1) is 0 Å². The van der Waals surface area contributed by atoms with Crippen LogP contribution in [0.3, 0.4) is 0 Å². The first-order valence-electron chi connectivity index (χ1n) is 9.38.